The van der Waals surface area contributed by atoms with Crippen LogP contribution < -0.4 is 20.1 Å². The van der Waals surface area contributed by atoms with Crippen molar-refractivity contribution in [1.29, 1.82) is 0 Å². The molecule has 0 bridgehead atoms. The number of halogens is 3. The molecule has 5 N–H and O–H groups in total. The second-order valence-corrected chi connectivity index (χ2v) is 21.1. The van der Waals surface area contributed by atoms with Gasteiger partial charge in [-0.3, -0.25) is 0 Å². The number of sulfonamides is 1. The quantitative estimate of drug-likeness (QED) is 0.0248. The van der Waals surface area contributed by atoms with Crippen LogP contribution in [0.15, 0.2) is 144 Å². The molecule has 1 unspecified atom stereocenters. The van der Waals surface area contributed by atoms with Gasteiger partial charge in [-0.05, 0) is 168 Å². The molecule has 13 heteroatoms. The first-order valence-electron chi connectivity index (χ1n) is 22.5. The summed E-state index contributed by atoms with van der Waals surface area (Å²) in [7, 11) is -5.61. The first kappa shape index (κ1) is 51.9. The van der Waals surface area contributed by atoms with Crippen LogP contribution >= 0.6 is 24.9 Å². The van der Waals surface area contributed by atoms with Crippen LogP contribution in [-0.4, -0.2) is 18.5 Å². The van der Waals surface area contributed by atoms with Gasteiger partial charge in [0.2, 0.25) is 0 Å². The van der Waals surface area contributed by atoms with Crippen molar-refractivity contribution in [2.24, 2.45) is 5.41 Å². The van der Waals surface area contributed by atoms with Crippen molar-refractivity contribution in [2.45, 2.75) is 97.0 Å². The van der Waals surface area contributed by atoms with E-state index in [0.29, 0.717) is 29.3 Å². The van der Waals surface area contributed by atoms with Crippen LogP contribution in [0.1, 0.15) is 102 Å². The van der Waals surface area contributed by atoms with Gasteiger partial charge in [0.15, 0.2) is 0 Å². The van der Waals surface area contributed by atoms with Gasteiger partial charge >= 0.3 is 15.5 Å². The first-order valence-corrected chi connectivity index (χ1v) is 25.2. The van der Waals surface area contributed by atoms with Crippen molar-refractivity contribution in [3.05, 3.63) is 190 Å². The van der Waals surface area contributed by atoms with E-state index in [2.05, 4.69) is 193 Å². The highest BCUT2D eigenvalue weighted by molar-refractivity contribution is 8.09. The van der Waals surface area contributed by atoms with E-state index < -0.39 is 15.5 Å². The Balaban J connectivity index is 0.00000376. The van der Waals surface area contributed by atoms with Crippen molar-refractivity contribution < 1.29 is 26.1 Å². The molecule has 7 rings (SSSR count). The fourth-order valence-corrected chi connectivity index (χ4v) is 10.3. The van der Waals surface area contributed by atoms with E-state index in [0.717, 1.165) is 96.6 Å². The molecule has 358 valence electrons. The number of alkyl halides is 3. The maximum Gasteiger partial charge on any atom is 0.512 e. The highest BCUT2D eigenvalue weighted by Gasteiger charge is 2.46. The number of hydrogen-bond acceptors (Lipinski definition) is 8. The lowest BCUT2D eigenvalue weighted by atomic mass is 9.74. The van der Waals surface area contributed by atoms with Crippen LogP contribution in [0.3, 0.4) is 0 Å². The van der Waals surface area contributed by atoms with E-state index >= 15 is 0 Å². The van der Waals surface area contributed by atoms with Crippen LogP contribution in [-0.2, 0) is 16.6 Å². The predicted octanol–water partition coefficient (Wildman–Crippen LogP) is 16.1. The lowest BCUT2D eigenvalue weighted by Gasteiger charge is -2.31. The molecule has 0 aromatic heterocycles. The summed E-state index contributed by atoms with van der Waals surface area (Å²) in [4.78, 5) is 0.310. The Morgan fingerprint density at radius 2 is 1.12 bits per heavy atom. The zero-order valence-electron chi connectivity index (χ0n) is 39.7. The third kappa shape index (κ3) is 12.4. The number of hydrogen-bond donors (Lipinski definition) is 6. The fourth-order valence-electron chi connectivity index (χ4n) is 8.80. The Hall–Kier alpha value is -5.44. The first-order chi connectivity index (χ1) is 32.3. The SMILES string of the molecule is CCCC(c1ccc(CNc2ccc(C(c3ccc(Nc4c(C)cccc4C)cc3)c3ccc(Nc4c(C)cccc4C)cc3)c3cc(SNS(=O)(=O)C(F)(F)F)ccc23)cc1)C(C)(C)C.OS. The number of para-hydroxylation sites is 2. The Bertz CT molecular complexity index is 2780. The lowest BCUT2D eigenvalue weighted by molar-refractivity contribution is -0.0440. The van der Waals surface area contributed by atoms with Gasteiger partial charge in [0, 0.05) is 51.2 Å². The van der Waals surface area contributed by atoms with E-state index in [1.54, 1.807) is 16.3 Å². The molecular weight excluding hydrogens is 918 g/mol. The smallest absolute Gasteiger partial charge is 0.380 e. The number of rotatable bonds is 16. The standard InChI is InChI=1S/C55H59F3N4O2S2.H2OS/c1-9-12-49(54(6,7)8)40-19-17-39(18-20-40)34-59-50-32-31-47(48-33-45(29-30-46(48)50)65-62-66(63,64)55(56,57)58)51(41-21-25-43(26-22-41)60-52-35(2)13-10-14-36(52)3)42-23-27-44(28-24-42)61-53-37(4)15-11-16-38(53)5;1-2/h10-11,13-33,49,51,59-62H,9,12,34H2,1-8H3;1-2H. The number of nitrogens with one attached hydrogen (secondary N) is 4. The van der Waals surface area contributed by atoms with Gasteiger partial charge in [-0.15, -0.1) is 4.13 Å². The molecule has 0 saturated carbocycles. The van der Waals surface area contributed by atoms with Crippen molar-refractivity contribution in [2.75, 3.05) is 16.0 Å². The third-order valence-corrected chi connectivity index (χ3v) is 14.7. The van der Waals surface area contributed by atoms with Crippen LogP contribution in [0.2, 0.25) is 0 Å². The molecular formula is C55H61F3N4O3S3. The van der Waals surface area contributed by atoms with Gasteiger partial charge in [-0.1, -0.05) is 131 Å². The molecule has 7 aromatic rings. The van der Waals surface area contributed by atoms with Crippen molar-refractivity contribution in [3.63, 3.8) is 0 Å². The van der Waals surface area contributed by atoms with Gasteiger partial charge in [0.1, 0.15) is 0 Å². The zero-order valence-corrected chi connectivity index (χ0v) is 42.2. The van der Waals surface area contributed by atoms with Crippen LogP contribution in [0, 0.1) is 33.1 Å². The summed E-state index contributed by atoms with van der Waals surface area (Å²) in [5.74, 6) is 0.111. The molecule has 0 fully saturated rings. The van der Waals surface area contributed by atoms with E-state index in [4.69, 9.17) is 4.55 Å². The largest absolute Gasteiger partial charge is 0.512 e. The van der Waals surface area contributed by atoms with Crippen LogP contribution in [0.5, 0.6) is 0 Å². The van der Waals surface area contributed by atoms with Crippen LogP contribution in [0.25, 0.3) is 10.8 Å². The van der Waals surface area contributed by atoms with E-state index in [-0.39, 0.29) is 11.3 Å². The zero-order chi connectivity index (χ0) is 49.4. The highest BCUT2D eigenvalue weighted by atomic mass is 32.3. The van der Waals surface area contributed by atoms with E-state index in [1.165, 1.54) is 5.56 Å². The second kappa shape index (κ2) is 22.3. The van der Waals surface area contributed by atoms with E-state index in [1.807, 2.05) is 18.2 Å². The molecule has 7 aromatic carbocycles. The fraction of sp³-hybridized carbons (Fsp3) is 0.273. The molecule has 0 amide bonds. The highest BCUT2D eigenvalue weighted by Crippen LogP contribution is 2.42. The molecule has 0 heterocycles. The number of aryl methyl sites for hydroxylation is 4. The van der Waals surface area contributed by atoms with Gasteiger partial charge in [0.25, 0.3) is 0 Å². The molecule has 68 heavy (non-hydrogen) atoms. The predicted molar refractivity (Wildman–Crippen MR) is 283 cm³/mol. The van der Waals surface area contributed by atoms with E-state index in [9.17, 15) is 21.6 Å². The lowest BCUT2D eigenvalue weighted by Crippen LogP contribution is -2.32. The molecule has 7 nitrogen and oxygen atoms in total. The van der Waals surface area contributed by atoms with Gasteiger partial charge in [0.05, 0.1) is 0 Å². The number of benzene rings is 7. The van der Waals surface area contributed by atoms with Gasteiger partial charge < -0.3 is 20.5 Å². The molecule has 0 aliphatic carbocycles. The summed E-state index contributed by atoms with van der Waals surface area (Å²) in [6.45, 7) is 17.9. The summed E-state index contributed by atoms with van der Waals surface area (Å²) < 4.78 is 73.0. The average molecular weight is 979 g/mol. The molecule has 1 atom stereocenters. The number of thiol groups is 1. The molecule has 0 aliphatic heterocycles. The maximum atomic E-state index is 13.5. The molecule has 0 spiro atoms. The Morgan fingerprint density at radius 1 is 0.632 bits per heavy atom. The molecule has 0 saturated heterocycles. The summed E-state index contributed by atoms with van der Waals surface area (Å²) in [5.41, 5.74) is 9.33. The maximum absolute atomic E-state index is 13.5. The minimum Gasteiger partial charge on any atom is -0.380 e. The number of anilines is 5. The van der Waals surface area contributed by atoms with Crippen molar-refractivity contribution in [1.82, 2.24) is 4.13 Å². The minimum absolute atomic E-state index is 0.135. The van der Waals surface area contributed by atoms with Gasteiger partial charge in [-0.2, -0.15) is 13.2 Å². The second-order valence-electron chi connectivity index (χ2n) is 18.3. The molecule has 0 radical (unpaired) electrons. The van der Waals surface area contributed by atoms with Crippen molar-refractivity contribution in [3.8, 4) is 0 Å². The Kier molecular flexibility index (Phi) is 17.1. The Morgan fingerprint density at radius 3 is 1.57 bits per heavy atom. The van der Waals surface area contributed by atoms with Crippen molar-refractivity contribution >= 4 is 74.1 Å². The molecule has 0 aliphatic rings. The average Bonchev–Trinajstić information content (AvgIpc) is 3.31. The monoisotopic (exact) mass is 978 g/mol. The summed E-state index contributed by atoms with van der Waals surface area (Å²) >= 11 is 2.95. The minimum atomic E-state index is -5.61. The topological polar surface area (TPSA) is 102 Å². The van der Waals surface area contributed by atoms with Crippen LogP contribution in [0.4, 0.5) is 41.6 Å². The Labute approximate surface area is 410 Å². The summed E-state index contributed by atoms with van der Waals surface area (Å²) in [6, 6.07) is 47.2. The number of fused-ring (bicyclic) bond motifs is 1. The van der Waals surface area contributed by atoms with Gasteiger partial charge in [-0.25, -0.2) is 8.42 Å². The summed E-state index contributed by atoms with van der Waals surface area (Å²) in [5, 5.41) is 12.5. The normalized spacial score (nSPS) is 12.4. The summed E-state index contributed by atoms with van der Waals surface area (Å²) in [6.07, 6.45) is 2.22. The third-order valence-electron chi connectivity index (χ3n) is 12.4.